The fourth-order valence-corrected chi connectivity index (χ4v) is 7.84. The summed E-state index contributed by atoms with van der Waals surface area (Å²) < 4.78 is 40.3. The molecule has 1 aliphatic heterocycles. The Morgan fingerprint density at radius 1 is 1.09 bits per heavy atom. The van der Waals surface area contributed by atoms with Gasteiger partial charge >= 0.3 is 6.03 Å². The fourth-order valence-electron chi connectivity index (χ4n) is 5.83. The third kappa shape index (κ3) is 5.92. The van der Waals surface area contributed by atoms with Gasteiger partial charge in [0, 0.05) is 48.8 Å². The zero-order valence-electron chi connectivity index (χ0n) is 25.8. The van der Waals surface area contributed by atoms with Crippen molar-refractivity contribution in [1.82, 2.24) is 24.8 Å². The van der Waals surface area contributed by atoms with Gasteiger partial charge in [0.1, 0.15) is 16.3 Å². The molecule has 3 aliphatic rings. The maximum atomic E-state index is 14.5. The van der Waals surface area contributed by atoms with Gasteiger partial charge in [0.05, 0.1) is 32.1 Å². The molecule has 0 radical (unpaired) electrons. The lowest BCUT2D eigenvalue weighted by atomic mass is 10.1. The SMILES string of the molecule is COc1ccc(Cn2ccnc2S(=O)(=O)C2(c3cc(N4CCOC[C@@H]4C)nc(-c4ccc(NC(=O)NC5CC5)cc4)n3)CC2)cc1. The summed E-state index contributed by atoms with van der Waals surface area (Å²) in [6.07, 6.45) is 6.09. The van der Waals surface area contributed by atoms with E-state index in [2.05, 4.69) is 27.4 Å². The number of carbonyl (C=O) groups excluding carboxylic acids is 1. The molecule has 2 saturated carbocycles. The van der Waals surface area contributed by atoms with Gasteiger partial charge in [-0.3, -0.25) is 0 Å². The molecule has 3 heterocycles. The number of sulfone groups is 1. The van der Waals surface area contributed by atoms with E-state index in [0.29, 0.717) is 67.7 Å². The standard InChI is InChI=1S/C33H37N7O5S/c1-22-21-45-18-17-40(22)29-19-28(37-30(38-29)24-5-7-25(8-6-24)35-31(41)36-26-9-10-26)33(13-14-33)46(42,43)32-34-15-16-39(32)20-23-3-11-27(44-2)12-4-23/h3-8,11-12,15-16,19,22,26H,9-10,13-14,17-18,20-21H2,1-2H3,(H2,35,36,41)/t22-/m0/s1. The lowest BCUT2D eigenvalue weighted by Crippen LogP contribution is -2.44. The highest BCUT2D eigenvalue weighted by molar-refractivity contribution is 7.92. The molecule has 0 spiro atoms. The van der Waals surface area contributed by atoms with E-state index in [9.17, 15) is 13.2 Å². The van der Waals surface area contributed by atoms with Gasteiger partial charge < -0.3 is 29.6 Å². The van der Waals surface area contributed by atoms with Gasteiger partial charge in [-0.25, -0.2) is 28.2 Å². The number of hydrogen-bond donors (Lipinski definition) is 2. The van der Waals surface area contributed by atoms with Crippen LogP contribution in [0.15, 0.2) is 72.1 Å². The van der Waals surface area contributed by atoms with Crippen molar-refractivity contribution >= 4 is 27.4 Å². The highest BCUT2D eigenvalue weighted by Crippen LogP contribution is 2.55. The highest BCUT2D eigenvalue weighted by Gasteiger charge is 2.59. The van der Waals surface area contributed by atoms with E-state index in [4.69, 9.17) is 19.4 Å². The Kier molecular flexibility index (Phi) is 7.89. The normalized spacial score (nSPS) is 19.0. The van der Waals surface area contributed by atoms with Crippen LogP contribution in [0.5, 0.6) is 5.75 Å². The molecule has 1 atom stereocenters. The second kappa shape index (κ2) is 12.0. The van der Waals surface area contributed by atoms with E-state index in [0.717, 1.165) is 24.2 Å². The van der Waals surface area contributed by atoms with E-state index in [1.54, 1.807) is 30.0 Å². The number of rotatable bonds is 10. The van der Waals surface area contributed by atoms with Crippen molar-refractivity contribution in [3.63, 3.8) is 0 Å². The molecule has 1 saturated heterocycles. The molecule has 2 N–H and O–H groups in total. The molecule has 12 nitrogen and oxygen atoms in total. The Bertz CT molecular complexity index is 1830. The zero-order chi connectivity index (χ0) is 31.9. The average molecular weight is 644 g/mol. The molecule has 0 bridgehead atoms. The molecule has 240 valence electrons. The second-order valence-electron chi connectivity index (χ2n) is 12.2. The molecular weight excluding hydrogens is 606 g/mol. The Labute approximate surface area is 268 Å². The van der Waals surface area contributed by atoms with Crippen molar-refractivity contribution in [1.29, 1.82) is 0 Å². The number of ether oxygens (including phenoxy) is 2. The molecule has 7 rings (SSSR count). The Balaban J connectivity index is 1.23. The largest absolute Gasteiger partial charge is 0.497 e. The summed E-state index contributed by atoms with van der Waals surface area (Å²) in [6, 6.07) is 16.7. The molecule has 46 heavy (non-hydrogen) atoms. The first kappa shape index (κ1) is 30.2. The summed E-state index contributed by atoms with van der Waals surface area (Å²) in [6.45, 7) is 4.13. The summed E-state index contributed by atoms with van der Waals surface area (Å²) in [5, 5.41) is 5.79. The van der Waals surface area contributed by atoms with Crippen LogP contribution in [0.25, 0.3) is 11.4 Å². The van der Waals surface area contributed by atoms with Crippen molar-refractivity contribution in [2.45, 2.75) is 61.1 Å². The number of aromatic nitrogens is 4. The number of hydrogen-bond acceptors (Lipinski definition) is 9. The molecule has 2 amide bonds. The van der Waals surface area contributed by atoms with Crippen LogP contribution in [0.3, 0.4) is 0 Å². The van der Waals surface area contributed by atoms with Crippen molar-refractivity contribution < 1.29 is 22.7 Å². The monoisotopic (exact) mass is 643 g/mol. The maximum absolute atomic E-state index is 14.5. The quantitative estimate of drug-likeness (QED) is 0.258. The molecule has 2 aromatic carbocycles. The fraction of sp³-hybridized carbons (Fsp3) is 0.394. The average Bonchev–Trinajstić information content (AvgIpc) is 4.00. The van der Waals surface area contributed by atoms with Crippen LogP contribution >= 0.6 is 0 Å². The van der Waals surface area contributed by atoms with Gasteiger partial charge in [-0.1, -0.05) is 12.1 Å². The van der Waals surface area contributed by atoms with E-state index in [1.807, 2.05) is 42.5 Å². The number of urea groups is 1. The third-order valence-corrected chi connectivity index (χ3v) is 11.3. The minimum absolute atomic E-state index is 0.0159. The van der Waals surface area contributed by atoms with Crippen LogP contribution in [-0.2, 0) is 25.9 Å². The molecular formula is C33H37N7O5S. The summed E-state index contributed by atoms with van der Waals surface area (Å²) in [5.74, 6) is 1.81. The predicted molar refractivity (Wildman–Crippen MR) is 173 cm³/mol. The minimum atomic E-state index is -3.95. The topological polar surface area (TPSA) is 141 Å². The van der Waals surface area contributed by atoms with Gasteiger partial charge in [0.2, 0.25) is 15.0 Å². The van der Waals surface area contributed by atoms with Crippen LogP contribution in [-0.4, -0.2) is 72.9 Å². The van der Waals surface area contributed by atoms with E-state index in [-0.39, 0.29) is 23.3 Å². The van der Waals surface area contributed by atoms with Crippen LogP contribution in [0.1, 0.15) is 43.9 Å². The number of anilines is 2. The smallest absolute Gasteiger partial charge is 0.319 e. The summed E-state index contributed by atoms with van der Waals surface area (Å²) in [7, 11) is -2.34. The summed E-state index contributed by atoms with van der Waals surface area (Å²) >= 11 is 0. The molecule has 2 aliphatic carbocycles. The number of nitrogens with one attached hydrogen (secondary N) is 2. The lowest BCUT2D eigenvalue weighted by molar-refractivity contribution is 0.0985. The lowest BCUT2D eigenvalue weighted by Gasteiger charge is -2.34. The molecule has 0 unspecified atom stereocenters. The number of amides is 2. The van der Waals surface area contributed by atoms with Crippen molar-refractivity contribution in [2.75, 3.05) is 37.1 Å². The van der Waals surface area contributed by atoms with E-state index < -0.39 is 14.6 Å². The van der Waals surface area contributed by atoms with Gasteiger partial charge in [0.15, 0.2) is 5.82 Å². The number of morpholine rings is 1. The van der Waals surface area contributed by atoms with Crippen LogP contribution < -0.4 is 20.3 Å². The number of methoxy groups -OCH3 is 1. The number of nitrogens with zero attached hydrogens (tertiary/aromatic N) is 5. The van der Waals surface area contributed by atoms with Crippen LogP contribution in [0.4, 0.5) is 16.3 Å². The molecule has 4 aromatic rings. The van der Waals surface area contributed by atoms with Gasteiger partial charge in [0.25, 0.3) is 0 Å². The Morgan fingerprint density at radius 3 is 2.52 bits per heavy atom. The van der Waals surface area contributed by atoms with Crippen molar-refractivity contribution in [3.05, 3.63) is 78.2 Å². The van der Waals surface area contributed by atoms with Crippen molar-refractivity contribution in [2.24, 2.45) is 0 Å². The summed E-state index contributed by atoms with van der Waals surface area (Å²) in [4.78, 5) is 28.6. The van der Waals surface area contributed by atoms with Gasteiger partial charge in [-0.2, -0.15) is 0 Å². The zero-order valence-corrected chi connectivity index (χ0v) is 26.7. The van der Waals surface area contributed by atoms with Crippen LogP contribution in [0, 0.1) is 0 Å². The van der Waals surface area contributed by atoms with E-state index >= 15 is 0 Å². The highest BCUT2D eigenvalue weighted by atomic mass is 32.2. The molecule has 13 heteroatoms. The second-order valence-corrected chi connectivity index (χ2v) is 14.3. The van der Waals surface area contributed by atoms with Gasteiger partial charge in [-0.15, -0.1) is 0 Å². The number of carbonyl (C=O) groups is 1. The molecule has 2 aromatic heterocycles. The Hall–Kier alpha value is -4.49. The van der Waals surface area contributed by atoms with Gasteiger partial charge in [-0.05, 0) is 74.6 Å². The first-order chi connectivity index (χ1) is 22.3. The number of benzene rings is 2. The summed E-state index contributed by atoms with van der Waals surface area (Å²) in [5.41, 5.74) is 2.74. The third-order valence-electron chi connectivity index (χ3n) is 8.80. The maximum Gasteiger partial charge on any atom is 0.319 e. The molecule has 3 fully saturated rings. The first-order valence-electron chi connectivity index (χ1n) is 15.6. The van der Waals surface area contributed by atoms with Crippen LogP contribution in [0.2, 0.25) is 0 Å². The first-order valence-corrected chi connectivity index (χ1v) is 17.0. The van der Waals surface area contributed by atoms with E-state index in [1.165, 1.54) is 6.20 Å². The number of imidazole rings is 1. The predicted octanol–water partition coefficient (Wildman–Crippen LogP) is 4.37. The minimum Gasteiger partial charge on any atom is -0.497 e. The van der Waals surface area contributed by atoms with Crippen molar-refractivity contribution in [3.8, 4) is 17.1 Å². The Morgan fingerprint density at radius 2 is 1.85 bits per heavy atom.